The number of ether oxygens (including phenoxy) is 3. The highest BCUT2D eigenvalue weighted by atomic mass is 16.6. The van der Waals surface area contributed by atoms with Crippen molar-refractivity contribution in [3.05, 3.63) is 48.6 Å². The molecule has 0 N–H and O–H groups in total. The van der Waals surface area contributed by atoms with Crippen LogP contribution in [0, 0.1) is 0 Å². The normalized spacial score (nSPS) is 12.3. The smallest absolute Gasteiger partial charge is 0.306 e. The Bertz CT molecular complexity index is 1310. The van der Waals surface area contributed by atoms with E-state index in [4.69, 9.17) is 14.2 Å². The van der Waals surface area contributed by atoms with E-state index in [2.05, 4.69) is 69.4 Å². The summed E-state index contributed by atoms with van der Waals surface area (Å²) in [6, 6.07) is 0. The van der Waals surface area contributed by atoms with Gasteiger partial charge < -0.3 is 14.2 Å². The first kappa shape index (κ1) is 73.4. The molecule has 0 bridgehead atoms. The van der Waals surface area contributed by atoms with Crippen LogP contribution in [0.5, 0.6) is 0 Å². The predicted molar refractivity (Wildman–Crippen MR) is 330 cm³/mol. The third-order valence-corrected chi connectivity index (χ3v) is 15.1. The fraction of sp³-hybridized carbons (Fsp3) is 0.843. The molecule has 0 radical (unpaired) electrons. The SMILES string of the molecule is CCCCCCC/C=C\C/C=C\C/C=C\CCCCCCCCCCCCC(=O)OCC(COC(=O)CCCCCCCCCCCCCCCCCC)OC(=O)CCCCCCCCC/C=C\CCCCCCCC. The molecule has 0 saturated heterocycles. The van der Waals surface area contributed by atoms with Crippen molar-refractivity contribution in [1.82, 2.24) is 0 Å². The van der Waals surface area contributed by atoms with Crippen molar-refractivity contribution in [2.24, 2.45) is 0 Å². The molecule has 0 rings (SSSR count). The molecule has 0 heterocycles. The zero-order chi connectivity index (χ0) is 55.0. The van der Waals surface area contributed by atoms with Gasteiger partial charge in [-0.15, -0.1) is 0 Å². The minimum Gasteiger partial charge on any atom is -0.462 e. The van der Waals surface area contributed by atoms with E-state index in [1.807, 2.05) is 0 Å². The quantitative estimate of drug-likeness (QED) is 0.0261. The van der Waals surface area contributed by atoms with E-state index in [1.165, 1.54) is 250 Å². The number of rotatable bonds is 62. The Labute approximate surface area is 473 Å². The van der Waals surface area contributed by atoms with Crippen LogP contribution < -0.4 is 0 Å². The van der Waals surface area contributed by atoms with E-state index in [0.29, 0.717) is 19.3 Å². The second-order valence-corrected chi connectivity index (χ2v) is 22.7. The van der Waals surface area contributed by atoms with Gasteiger partial charge in [-0.2, -0.15) is 0 Å². The van der Waals surface area contributed by atoms with E-state index < -0.39 is 6.10 Å². The van der Waals surface area contributed by atoms with Crippen LogP contribution in [-0.2, 0) is 28.6 Å². The Balaban J connectivity index is 4.31. The van der Waals surface area contributed by atoms with Crippen LogP contribution in [0.4, 0.5) is 0 Å². The van der Waals surface area contributed by atoms with Crippen molar-refractivity contribution in [3.8, 4) is 0 Å². The zero-order valence-corrected chi connectivity index (χ0v) is 51.0. The maximum atomic E-state index is 12.9. The molecule has 0 aliphatic rings. The van der Waals surface area contributed by atoms with Gasteiger partial charge in [0.2, 0.25) is 0 Å². The summed E-state index contributed by atoms with van der Waals surface area (Å²) in [6.45, 7) is 6.68. The van der Waals surface area contributed by atoms with Crippen LogP contribution in [-0.4, -0.2) is 37.2 Å². The van der Waals surface area contributed by atoms with E-state index in [1.54, 1.807) is 0 Å². The number of hydrogen-bond donors (Lipinski definition) is 0. The molecule has 0 aromatic rings. The molecule has 444 valence electrons. The summed E-state index contributed by atoms with van der Waals surface area (Å²) in [4.78, 5) is 38.4. The molecular formula is C70H128O6. The Kier molecular flexibility index (Phi) is 62.6. The summed E-state index contributed by atoms with van der Waals surface area (Å²) in [5.74, 6) is -0.856. The van der Waals surface area contributed by atoms with Crippen LogP contribution in [0.1, 0.15) is 361 Å². The van der Waals surface area contributed by atoms with Gasteiger partial charge in [-0.25, -0.2) is 0 Å². The molecule has 0 aromatic carbocycles. The van der Waals surface area contributed by atoms with Crippen LogP contribution >= 0.6 is 0 Å². The highest BCUT2D eigenvalue weighted by molar-refractivity contribution is 5.71. The molecule has 0 fully saturated rings. The topological polar surface area (TPSA) is 78.9 Å². The van der Waals surface area contributed by atoms with Crippen LogP contribution in [0.2, 0.25) is 0 Å². The van der Waals surface area contributed by atoms with Gasteiger partial charge in [-0.05, 0) is 83.5 Å². The minimum absolute atomic E-state index is 0.0718. The van der Waals surface area contributed by atoms with E-state index in [9.17, 15) is 14.4 Å². The molecule has 76 heavy (non-hydrogen) atoms. The lowest BCUT2D eigenvalue weighted by Crippen LogP contribution is -2.30. The first-order valence-electron chi connectivity index (χ1n) is 33.6. The summed E-state index contributed by atoms with van der Waals surface area (Å²) < 4.78 is 17.0. The molecule has 0 amide bonds. The van der Waals surface area contributed by atoms with Gasteiger partial charge in [0.25, 0.3) is 0 Å². The fourth-order valence-electron chi connectivity index (χ4n) is 9.98. The van der Waals surface area contributed by atoms with E-state index in [0.717, 1.165) is 70.6 Å². The first-order chi connectivity index (χ1) is 37.5. The Morgan fingerprint density at radius 1 is 0.263 bits per heavy atom. The van der Waals surface area contributed by atoms with Crippen LogP contribution in [0.15, 0.2) is 48.6 Å². The Morgan fingerprint density at radius 2 is 0.474 bits per heavy atom. The second-order valence-electron chi connectivity index (χ2n) is 22.7. The molecule has 6 heteroatoms. The van der Waals surface area contributed by atoms with Crippen molar-refractivity contribution in [3.63, 3.8) is 0 Å². The molecule has 1 atom stereocenters. The lowest BCUT2D eigenvalue weighted by atomic mass is 10.0. The van der Waals surface area contributed by atoms with Crippen molar-refractivity contribution in [1.29, 1.82) is 0 Å². The van der Waals surface area contributed by atoms with Crippen molar-refractivity contribution < 1.29 is 28.6 Å². The lowest BCUT2D eigenvalue weighted by molar-refractivity contribution is -0.167. The fourth-order valence-corrected chi connectivity index (χ4v) is 9.98. The zero-order valence-electron chi connectivity index (χ0n) is 51.0. The van der Waals surface area contributed by atoms with E-state index in [-0.39, 0.29) is 31.1 Å². The molecule has 0 spiro atoms. The Hall–Kier alpha value is -2.63. The summed E-state index contributed by atoms with van der Waals surface area (Å²) in [6.07, 6.45) is 81.2. The van der Waals surface area contributed by atoms with Gasteiger partial charge in [0.15, 0.2) is 6.10 Å². The number of carbonyl (C=O) groups excluding carboxylic acids is 3. The van der Waals surface area contributed by atoms with Gasteiger partial charge in [0, 0.05) is 19.3 Å². The van der Waals surface area contributed by atoms with E-state index >= 15 is 0 Å². The summed E-state index contributed by atoms with van der Waals surface area (Å²) in [7, 11) is 0. The lowest BCUT2D eigenvalue weighted by Gasteiger charge is -2.18. The highest BCUT2D eigenvalue weighted by Gasteiger charge is 2.19. The first-order valence-corrected chi connectivity index (χ1v) is 33.6. The Morgan fingerprint density at radius 3 is 0.750 bits per heavy atom. The molecule has 0 aliphatic heterocycles. The molecule has 1 unspecified atom stereocenters. The number of hydrogen-bond acceptors (Lipinski definition) is 6. The van der Waals surface area contributed by atoms with Gasteiger partial charge >= 0.3 is 17.9 Å². The van der Waals surface area contributed by atoms with Gasteiger partial charge in [-0.3, -0.25) is 14.4 Å². The number of unbranched alkanes of at least 4 members (excludes halogenated alkanes) is 43. The molecule has 6 nitrogen and oxygen atoms in total. The maximum absolute atomic E-state index is 12.9. The average Bonchev–Trinajstić information content (AvgIpc) is 3.42. The summed E-state index contributed by atoms with van der Waals surface area (Å²) >= 11 is 0. The van der Waals surface area contributed by atoms with Crippen LogP contribution in [0.25, 0.3) is 0 Å². The number of esters is 3. The van der Waals surface area contributed by atoms with Gasteiger partial charge in [0.05, 0.1) is 0 Å². The monoisotopic (exact) mass is 1060 g/mol. The standard InChI is InChI=1S/C70H128O6/c1-4-7-10-13-16-19-22-25-28-31-32-33-34-35-36-37-38-40-42-45-48-51-54-57-60-63-69(72)75-66-67(65-74-68(71)62-59-56-53-50-47-44-41-30-27-24-21-18-15-12-9-6-3)76-70(73)64-61-58-55-52-49-46-43-39-29-26-23-20-17-14-11-8-5-2/h22,25-26,29,31-32,34-35,67H,4-21,23-24,27-28,30,33,36-66H2,1-3H3/b25-22-,29-26-,32-31-,35-34-. The molecular weight excluding hydrogens is 937 g/mol. The van der Waals surface area contributed by atoms with Gasteiger partial charge in [0.1, 0.15) is 13.2 Å². The molecule has 0 saturated carbocycles. The van der Waals surface area contributed by atoms with Crippen molar-refractivity contribution in [2.45, 2.75) is 367 Å². The predicted octanol–water partition coefficient (Wildman–Crippen LogP) is 22.9. The van der Waals surface area contributed by atoms with Gasteiger partial charge in [-0.1, -0.05) is 307 Å². The minimum atomic E-state index is -0.776. The molecule has 0 aliphatic carbocycles. The van der Waals surface area contributed by atoms with Crippen LogP contribution in [0.3, 0.4) is 0 Å². The summed E-state index contributed by atoms with van der Waals surface area (Å²) in [5, 5.41) is 0. The summed E-state index contributed by atoms with van der Waals surface area (Å²) in [5.41, 5.74) is 0. The largest absolute Gasteiger partial charge is 0.462 e. The second kappa shape index (κ2) is 64.9. The third kappa shape index (κ3) is 62.2. The number of allylic oxidation sites excluding steroid dienone is 8. The number of carbonyl (C=O) groups is 3. The highest BCUT2D eigenvalue weighted by Crippen LogP contribution is 2.17. The van der Waals surface area contributed by atoms with Crippen molar-refractivity contribution in [2.75, 3.05) is 13.2 Å². The van der Waals surface area contributed by atoms with Crippen molar-refractivity contribution >= 4 is 17.9 Å². The average molecular weight is 1070 g/mol. The third-order valence-electron chi connectivity index (χ3n) is 15.1. The maximum Gasteiger partial charge on any atom is 0.306 e. The molecule has 0 aromatic heterocycles.